The minimum Gasteiger partial charge on any atom is -0.300 e. The molecule has 5 heteroatoms. The van der Waals surface area contributed by atoms with Crippen molar-refractivity contribution in [2.75, 3.05) is 0 Å². The van der Waals surface area contributed by atoms with E-state index in [1.807, 2.05) is 0 Å². The molecule has 92 valence electrons. The van der Waals surface area contributed by atoms with Crippen LogP contribution in [0.25, 0.3) is 0 Å². The van der Waals surface area contributed by atoms with Crippen molar-refractivity contribution in [3.05, 3.63) is 28.7 Å². The summed E-state index contributed by atoms with van der Waals surface area (Å²) in [4.78, 5) is 11.5. The Labute approximate surface area is 109 Å². The molecule has 3 nitrogen and oxygen atoms in total. The summed E-state index contributed by atoms with van der Waals surface area (Å²) in [5, 5.41) is -0.402. The maximum absolute atomic E-state index is 12.3. The Kier molecular flexibility index (Phi) is 3.68. The lowest BCUT2D eigenvalue weighted by atomic mass is 9.99. The average molecular weight is 317 g/mol. The number of Topliss-reactive ketones (excluding diaryl/α,β-unsaturated/α-hetero) is 1. The molecule has 1 saturated carbocycles. The van der Waals surface area contributed by atoms with Gasteiger partial charge in [-0.25, -0.2) is 8.42 Å². The van der Waals surface area contributed by atoms with Crippen LogP contribution >= 0.6 is 15.9 Å². The molecule has 2 rings (SSSR count). The van der Waals surface area contributed by atoms with Crippen molar-refractivity contribution in [1.82, 2.24) is 0 Å². The Morgan fingerprint density at radius 1 is 1.06 bits per heavy atom. The third kappa shape index (κ3) is 2.77. The summed E-state index contributed by atoms with van der Waals surface area (Å²) in [6.45, 7) is 0. The molecule has 0 atom stereocenters. The van der Waals surface area contributed by atoms with E-state index < -0.39 is 15.1 Å². The van der Waals surface area contributed by atoms with E-state index in [0.29, 0.717) is 30.6 Å². The van der Waals surface area contributed by atoms with Crippen molar-refractivity contribution in [1.29, 1.82) is 0 Å². The fourth-order valence-corrected chi connectivity index (χ4v) is 4.06. The van der Waals surface area contributed by atoms with Crippen LogP contribution in [0.2, 0.25) is 0 Å². The molecule has 1 aliphatic carbocycles. The normalized spacial score (nSPS) is 18.3. The first kappa shape index (κ1) is 12.8. The molecule has 0 radical (unpaired) electrons. The van der Waals surface area contributed by atoms with Gasteiger partial charge in [0.2, 0.25) is 0 Å². The van der Waals surface area contributed by atoms with Gasteiger partial charge in [0.15, 0.2) is 9.84 Å². The number of carbonyl (C=O) groups is 1. The molecule has 0 aliphatic heterocycles. The minimum absolute atomic E-state index is 0.173. The predicted octanol–water partition coefficient (Wildman–Crippen LogP) is 2.73. The topological polar surface area (TPSA) is 51.2 Å². The van der Waals surface area contributed by atoms with Crippen molar-refractivity contribution in [3.8, 4) is 0 Å². The average Bonchev–Trinajstić information content (AvgIpc) is 2.30. The smallest absolute Gasteiger partial charge is 0.181 e. The predicted molar refractivity (Wildman–Crippen MR) is 68.6 cm³/mol. The molecule has 1 fully saturated rings. The van der Waals surface area contributed by atoms with E-state index in [2.05, 4.69) is 15.9 Å². The minimum atomic E-state index is -3.28. The van der Waals surface area contributed by atoms with E-state index >= 15 is 0 Å². The van der Waals surface area contributed by atoms with Crippen LogP contribution in [0.15, 0.2) is 33.6 Å². The highest BCUT2D eigenvalue weighted by Crippen LogP contribution is 2.27. The monoisotopic (exact) mass is 316 g/mol. The van der Waals surface area contributed by atoms with Crippen LogP contribution in [0, 0.1) is 0 Å². The molecule has 0 unspecified atom stereocenters. The molecule has 0 aromatic heterocycles. The SMILES string of the molecule is O=C1CCC(S(=O)(=O)c2ccc(Br)cc2)CC1. The highest BCUT2D eigenvalue weighted by molar-refractivity contribution is 9.10. The second-order valence-corrected chi connectivity index (χ2v) is 7.38. The third-order valence-corrected chi connectivity index (χ3v) is 5.88. The zero-order valence-electron chi connectivity index (χ0n) is 9.23. The molecule has 0 saturated heterocycles. The van der Waals surface area contributed by atoms with E-state index in [9.17, 15) is 13.2 Å². The van der Waals surface area contributed by atoms with Crippen LogP contribution in [-0.2, 0) is 14.6 Å². The van der Waals surface area contributed by atoms with Crippen LogP contribution in [0.5, 0.6) is 0 Å². The van der Waals surface area contributed by atoms with E-state index in [0.717, 1.165) is 4.47 Å². The molecule has 0 bridgehead atoms. The van der Waals surface area contributed by atoms with Gasteiger partial charge < -0.3 is 0 Å². The maximum atomic E-state index is 12.3. The van der Waals surface area contributed by atoms with Crippen LogP contribution in [0.4, 0.5) is 0 Å². The van der Waals surface area contributed by atoms with Gasteiger partial charge in [-0.15, -0.1) is 0 Å². The van der Waals surface area contributed by atoms with Crippen molar-refractivity contribution in [3.63, 3.8) is 0 Å². The van der Waals surface area contributed by atoms with Gasteiger partial charge in [-0.2, -0.15) is 0 Å². The molecule has 0 heterocycles. The number of hydrogen-bond acceptors (Lipinski definition) is 3. The van der Waals surface area contributed by atoms with Gasteiger partial charge in [-0.1, -0.05) is 15.9 Å². The van der Waals surface area contributed by atoms with Crippen molar-refractivity contribution in [2.24, 2.45) is 0 Å². The molecular weight excluding hydrogens is 304 g/mol. The molecule has 0 amide bonds. The van der Waals surface area contributed by atoms with Gasteiger partial charge in [0.25, 0.3) is 0 Å². The van der Waals surface area contributed by atoms with Crippen LogP contribution in [0.1, 0.15) is 25.7 Å². The Balaban J connectivity index is 2.24. The summed E-state index contributed by atoms with van der Waals surface area (Å²) >= 11 is 3.28. The molecule has 1 aromatic carbocycles. The lowest BCUT2D eigenvalue weighted by molar-refractivity contribution is -0.120. The van der Waals surface area contributed by atoms with Crippen LogP contribution in [0.3, 0.4) is 0 Å². The molecule has 0 N–H and O–H groups in total. The molecule has 17 heavy (non-hydrogen) atoms. The van der Waals surface area contributed by atoms with E-state index in [4.69, 9.17) is 0 Å². The first-order valence-corrected chi connectivity index (χ1v) is 7.85. The van der Waals surface area contributed by atoms with Gasteiger partial charge in [0, 0.05) is 17.3 Å². The van der Waals surface area contributed by atoms with Gasteiger partial charge in [-0.3, -0.25) is 4.79 Å². The Morgan fingerprint density at radius 2 is 1.59 bits per heavy atom. The summed E-state index contributed by atoms with van der Waals surface area (Å²) in [5.74, 6) is 0.173. The number of rotatable bonds is 2. The van der Waals surface area contributed by atoms with Crippen LogP contribution < -0.4 is 0 Å². The summed E-state index contributed by atoms with van der Waals surface area (Å²) in [6, 6.07) is 6.66. The standard InChI is InChI=1S/C12H13BrO3S/c13-9-1-5-11(6-2-9)17(15,16)12-7-3-10(14)4-8-12/h1-2,5-6,12H,3-4,7-8H2. The molecule has 1 aromatic rings. The van der Waals surface area contributed by atoms with Gasteiger partial charge in [0.05, 0.1) is 10.1 Å². The first-order valence-electron chi connectivity index (χ1n) is 5.51. The Hall–Kier alpha value is -0.680. The number of sulfone groups is 1. The van der Waals surface area contributed by atoms with E-state index in [-0.39, 0.29) is 5.78 Å². The quantitative estimate of drug-likeness (QED) is 0.843. The Bertz CT molecular complexity index is 509. The second-order valence-electron chi connectivity index (χ2n) is 4.24. The van der Waals surface area contributed by atoms with Gasteiger partial charge >= 0.3 is 0 Å². The summed E-state index contributed by atoms with van der Waals surface area (Å²) < 4.78 is 25.4. The highest BCUT2D eigenvalue weighted by atomic mass is 79.9. The van der Waals surface area contributed by atoms with Gasteiger partial charge in [-0.05, 0) is 37.1 Å². The van der Waals surface area contributed by atoms with Crippen molar-refractivity contribution in [2.45, 2.75) is 35.8 Å². The number of hydrogen-bond donors (Lipinski definition) is 0. The lowest BCUT2D eigenvalue weighted by Gasteiger charge is -2.21. The van der Waals surface area contributed by atoms with Crippen LogP contribution in [-0.4, -0.2) is 19.5 Å². The Morgan fingerprint density at radius 3 is 2.12 bits per heavy atom. The fraction of sp³-hybridized carbons (Fsp3) is 0.417. The second kappa shape index (κ2) is 4.90. The summed E-state index contributed by atoms with van der Waals surface area (Å²) in [6.07, 6.45) is 1.69. The summed E-state index contributed by atoms with van der Waals surface area (Å²) in [7, 11) is -3.28. The van der Waals surface area contributed by atoms with E-state index in [1.54, 1.807) is 24.3 Å². The number of halogens is 1. The molecular formula is C12H13BrO3S. The zero-order valence-corrected chi connectivity index (χ0v) is 11.6. The van der Waals surface area contributed by atoms with Crippen molar-refractivity contribution >= 4 is 31.6 Å². The summed E-state index contributed by atoms with van der Waals surface area (Å²) in [5.41, 5.74) is 0. The first-order chi connectivity index (χ1) is 8.00. The molecule has 0 spiro atoms. The fourth-order valence-electron chi connectivity index (χ4n) is 2.04. The lowest BCUT2D eigenvalue weighted by Crippen LogP contribution is -2.27. The maximum Gasteiger partial charge on any atom is 0.181 e. The number of carbonyl (C=O) groups excluding carboxylic acids is 1. The zero-order chi connectivity index (χ0) is 12.5. The largest absolute Gasteiger partial charge is 0.300 e. The van der Waals surface area contributed by atoms with Crippen molar-refractivity contribution < 1.29 is 13.2 Å². The van der Waals surface area contributed by atoms with Gasteiger partial charge in [0.1, 0.15) is 5.78 Å². The van der Waals surface area contributed by atoms with E-state index in [1.165, 1.54) is 0 Å². The number of benzene rings is 1. The molecule has 1 aliphatic rings. The highest BCUT2D eigenvalue weighted by Gasteiger charge is 2.31. The third-order valence-electron chi connectivity index (χ3n) is 3.07. The number of ketones is 1.